The van der Waals surface area contributed by atoms with Gasteiger partial charge in [-0.25, -0.2) is 4.39 Å². The molecule has 1 aromatic rings. The SMILES string of the molecule is CC(C)CNCC(O)COc1ccc(F)cc1Cl. The predicted molar refractivity (Wildman–Crippen MR) is 70.6 cm³/mol. The molecule has 1 unspecified atom stereocenters. The van der Waals surface area contributed by atoms with Crippen LogP contribution in [0.5, 0.6) is 5.75 Å². The summed E-state index contributed by atoms with van der Waals surface area (Å²) in [6.07, 6.45) is -0.620. The highest BCUT2D eigenvalue weighted by molar-refractivity contribution is 6.32. The lowest BCUT2D eigenvalue weighted by molar-refractivity contribution is 0.106. The highest BCUT2D eigenvalue weighted by Crippen LogP contribution is 2.24. The van der Waals surface area contributed by atoms with Crippen LogP contribution in [-0.4, -0.2) is 30.9 Å². The number of ether oxygens (including phenoxy) is 1. The molecule has 0 aromatic heterocycles. The third-order valence-electron chi connectivity index (χ3n) is 2.26. The fourth-order valence-corrected chi connectivity index (χ4v) is 1.60. The van der Waals surface area contributed by atoms with E-state index < -0.39 is 11.9 Å². The predicted octanol–water partition coefficient (Wildman–Crippen LogP) is 2.46. The fourth-order valence-electron chi connectivity index (χ4n) is 1.38. The van der Waals surface area contributed by atoms with E-state index in [9.17, 15) is 9.50 Å². The molecule has 1 aromatic carbocycles. The summed E-state index contributed by atoms with van der Waals surface area (Å²) in [7, 11) is 0. The Bertz CT molecular complexity index is 374. The summed E-state index contributed by atoms with van der Waals surface area (Å²) in [5.41, 5.74) is 0. The highest BCUT2D eigenvalue weighted by Gasteiger charge is 2.08. The van der Waals surface area contributed by atoms with Crippen LogP contribution in [-0.2, 0) is 0 Å². The first-order chi connectivity index (χ1) is 8.49. The summed E-state index contributed by atoms with van der Waals surface area (Å²) in [5, 5.41) is 13.0. The van der Waals surface area contributed by atoms with Gasteiger partial charge in [0.1, 0.15) is 24.3 Å². The van der Waals surface area contributed by atoms with Gasteiger partial charge in [-0.05, 0) is 30.7 Å². The van der Waals surface area contributed by atoms with Crippen LogP contribution in [0.2, 0.25) is 5.02 Å². The molecule has 0 amide bonds. The minimum Gasteiger partial charge on any atom is -0.489 e. The number of halogens is 2. The van der Waals surface area contributed by atoms with Gasteiger partial charge in [-0.15, -0.1) is 0 Å². The fraction of sp³-hybridized carbons (Fsp3) is 0.538. The zero-order valence-electron chi connectivity index (χ0n) is 10.6. The van der Waals surface area contributed by atoms with Crippen molar-refractivity contribution in [1.82, 2.24) is 5.32 Å². The third-order valence-corrected chi connectivity index (χ3v) is 2.55. The number of nitrogens with one attached hydrogen (secondary N) is 1. The standard InChI is InChI=1S/C13H19ClFNO2/c1-9(2)6-16-7-11(17)8-18-13-4-3-10(15)5-12(13)14/h3-5,9,11,16-17H,6-8H2,1-2H3. The lowest BCUT2D eigenvalue weighted by Gasteiger charge is -2.14. The number of hydrogen-bond donors (Lipinski definition) is 2. The lowest BCUT2D eigenvalue weighted by atomic mass is 10.2. The van der Waals surface area contributed by atoms with Gasteiger partial charge in [-0.1, -0.05) is 25.4 Å². The van der Waals surface area contributed by atoms with Gasteiger partial charge >= 0.3 is 0 Å². The Kier molecular flexibility index (Phi) is 6.39. The van der Waals surface area contributed by atoms with Crippen molar-refractivity contribution in [2.45, 2.75) is 20.0 Å². The molecule has 0 aliphatic rings. The third kappa shape index (κ3) is 5.67. The minimum absolute atomic E-state index is 0.121. The molecule has 1 atom stereocenters. The zero-order chi connectivity index (χ0) is 13.5. The van der Waals surface area contributed by atoms with Crippen molar-refractivity contribution in [2.75, 3.05) is 19.7 Å². The second-order valence-corrected chi connectivity index (χ2v) is 5.00. The molecule has 3 nitrogen and oxygen atoms in total. The summed E-state index contributed by atoms with van der Waals surface area (Å²) in [6, 6.07) is 3.90. The topological polar surface area (TPSA) is 41.5 Å². The maximum Gasteiger partial charge on any atom is 0.138 e. The molecular weight excluding hydrogens is 257 g/mol. The first kappa shape index (κ1) is 15.2. The number of aliphatic hydroxyl groups is 1. The van der Waals surface area contributed by atoms with Gasteiger partial charge in [-0.3, -0.25) is 0 Å². The van der Waals surface area contributed by atoms with Crippen molar-refractivity contribution >= 4 is 11.6 Å². The second-order valence-electron chi connectivity index (χ2n) is 4.59. The van der Waals surface area contributed by atoms with Gasteiger partial charge < -0.3 is 15.2 Å². The Morgan fingerprint density at radius 1 is 1.39 bits per heavy atom. The molecule has 0 radical (unpaired) electrons. The summed E-state index contributed by atoms with van der Waals surface area (Å²) in [5.74, 6) is 0.497. The van der Waals surface area contributed by atoms with Gasteiger partial charge in [0.25, 0.3) is 0 Å². The molecule has 0 saturated carbocycles. The molecule has 1 rings (SSSR count). The Balaban J connectivity index is 2.31. The second kappa shape index (κ2) is 7.56. The molecule has 102 valence electrons. The van der Waals surface area contributed by atoms with Gasteiger partial charge in [0.2, 0.25) is 0 Å². The van der Waals surface area contributed by atoms with Crippen LogP contribution >= 0.6 is 11.6 Å². The van der Waals surface area contributed by atoms with Crippen molar-refractivity contribution in [3.05, 3.63) is 29.0 Å². The van der Waals surface area contributed by atoms with E-state index in [4.69, 9.17) is 16.3 Å². The van der Waals surface area contributed by atoms with Crippen molar-refractivity contribution in [1.29, 1.82) is 0 Å². The van der Waals surface area contributed by atoms with Crippen molar-refractivity contribution < 1.29 is 14.2 Å². The Morgan fingerprint density at radius 3 is 2.72 bits per heavy atom. The normalized spacial score (nSPS) is 12.8. The van der Waals surface area contributed by atoms with E-state index in [2.05, 4.69) is 19.2 Å². The molecule has 0 aliphatic carbocycles. The van der Waals surface area contributed by atoms with Gasteiger partial charge in [0.05, 0.1) is 5.02 Å². The van der Waals surface area contributed by atoms with Crippen molar-refractivity contribution in [3.8, 4) is 5.75 Å². The van der Waals surface area contributed by atoms with Crippen LogP contribution in [0.3, 0.4) is 0 Å². The van der Waals surface area contributed by atoms with E-state index in [0.29, 0.717) is 18.2 Å². The maximum absolute atomic E-state index is 12.8. The highest BCUT2D eigenvalue weighted by atomic mass is 35.5. The van der Waals surface area contributed by atoms with E-state index in [1.54, 1.807) is 0 Å². The molecule has 0 saturated heterocycles. The molecular formula is C13H19ClFNO2. The van der Waals surface area contributed by atoms with Gasteiger partial charge in [-0.2, -0.15) is 0 Å². The van der Waals surface area contributed by atoms with Gasteiger partial charge in [0.15, 0.2) is 0 Å². The van der Waals surface area contributed by atoms with Crippen LogP contribution < -0.4 is 10.1 Å². The van der Waals surface area contributed by atoms with Crippen LogP contribution in [0.4, 0.5) is 4.39 Å². The first-order valence-corrected chi connectivity index (χ1v) is 6.33. The van der Waals surface area contributed by atoms with Gasteiger partial charge in [0, 0.05) is 6.54 Å². The molecule has 0 aliphatic heterocycles. The lowest BCUT2D eigenvalue weighted by Crippen LogP contribution is -2.33. The summed E-state index contributed by atoms with van der Waals surface area (Å²) < 4.78 is 18.1. The molecule has 0 bridgehead atoms. The monoisotopic (exact) mass is 275 g/mol. The summed E-state index contributed by atoms with van der Waals surface area (Å²) >= 11 is 5.80. The minimum atomic E-state index is -0.620. The zero-order valence-corrected chi connectivity index (χ0v) is 11.4. The maximum atomic E-state index is 12.8. The molecule has 18 heavy (non-hydrogen) atoms. The van der Waals surface area contributed by atoms with Crippen molar-refractivity contribution in [2.24, 2.45) is 5.92 Å². The average molecular weight is 276 g/mol. The number of benzene rings is 1. The molecule has 0 spiro atoms. The van der Waals surface area contributed by atoms with E-state index in [0.717, 1.165) is 6.54 Å². The van der Waals surface area contributed by atoms with E-state index >= 15 is 0 Å². The number of rotatable bonds is 7. The largest absolute Gasteiger partial charge is 0.489 e. The Labute approximate surface area is 112 Å². The summed E-state index contributed by atoms with van der Waals surface area (Å²) in [6.45, 7) is 5.60. The van der Waals surface area contributed by atoms with Crippen LogP contribution in [0.1, 0.15) is 13.8 Å². The number of aliphatic hydroxyl groups excluding tert-OH is 1. The van der Waals surface area contributed by atoms with Crippen LogP contribution in [0.15, 0.2) is 18.2 Å². The Hall–Kier alpha value is -0.840. The molecule has 2 N–H and O–H groups in total. The summed E-state index contributed by atoms with van der Waals surface area (Å²) in [4.78, 5) is 0. The quantitative estimate of drug-likeness (QED) is 0.803. The molecule has 0 fully saturated rings. The van der Waals surface area contributed by atoms with Crippen molar-refractivity contribution in [3.63, 3.8) is 0 Å². The number of hydrogen-bond acceptors (Lipinski definition) is 3. The first-order valence-electron chi connectivity index (χ1n) is 5.95. The molecule has 0 heterocycles. The van der Waals surface area contributed by atoms with E-state index in [1.807, 2.05) is 0 Å². The van der Waals surface area contributed by atoms with Crippen LogP contribution in [0, 0.1) is 11.7 Å². The molecule has 5 heteroatoms. The smallest absolute Gasteiger partial charge is 0.138 e. The van der Waals surface area contributed by atoms with E-state index in [-0.39, 0.29) is 11.6 Å². The average Bonchev–Trinajstić information content (AvgIpc) is 2.27. The van der Waals surface area contributed by atoms with E-state index in [1.165, 1.54) is 18.2 Å². The Morgan fingerprint density at radius 2 is 2.11 bits per heavy atom. The van der Waals surface area contributed by atoms with Crippen LogP contribution in [0.25, 0.3) is 0 Å².